The lowest BCUT2D eigenvalue weighted by molar-refractivity contribution is 0.0294. The molecule has 0 saturated heterocycles. The molecule has 3 heteroatoms. The van der Waals surface area contributed by atoms with E-state index >= 15 is 0 Å². The average Bonchev–Trinajstić information content (AvgIpc) is 2.18. The summed E-state index contributed by atoms with van der Waals surface area (Å²) < 4.78 is 0. The molecule has 92 valence electrons. The van der Waals surface area contributed by atoms with Crippen LogP contribution < -0.4 is 5.73 Å². The molecule has 0 radical (unpaired) electrons. The molecule has 0 amide bonds. The third-order valence-corrected chi connectivity index (χ3v) is 3.00. The van der Waals surface area contributed by atoms with Crippen LogP contribution in [0.1, 0.15) is 47.0 Å². The highest BCUT2D eigenvalue weighted by Crippen LogP contribution is 2.15. The molecule has 2 unspecified atom stereocenters. The number of hydrogen-bond acceptors (Lipinski definition) is 3. The molecular formula is C12H28N2O. The van der Waals surface area contributed by atoms with Crippen LogP contribution in [0.3, 0.4) is 0 Å². The van der Waals surface area contributed by atoms with E-state index in [1.807, 2.05) is 6.92 Å². The SMILES string of the molecule is CCCCN(CC)C(C)CC(C)(O)CN. The second kappa shape index (κ2) is 7.20. The van der Waals surface area contributed by atoms with Gasteiger partial charge in [0.05, 0.1) is 5.60 Å². The molecule has 0 spiro atoms. The lowest BCUT2D eigenvalue weighted by Crippen LogP contribution is -2.43. The highest BCUT2D eigenvalue weighted by molar-refractivity contribution is 4.80. The molecule has 3 N–H and O–H groups in total. The van der Waals surface area contributed by atoms with Gasteiger partial charge < -0.3 is 15.7 Å². The lowest BCUT2D eigenvalue weighted by Gasteiger charge is -2.33. The van der Waals surface area contributed by atoms with E-state index in [9.17, 15) is 5.11 Å². The van der Waals surface area contributed by atoms with Crippen molar-refractivity contribution >= 4 is 0 Å². The monoisotopic (exact) mass is 216 g/mol. The van der Waals surface area contributed by atoms with Crippen molar-refractivity contribution in [3.63, 3.8) is 0 Å². The molecule has 0 aromatic rings. The van der Waals surface area contributed by atoms with Crippen LogP contribution in [-0.4, -0.2) is 41.3 Å². The Hall–Kier alpha value is -0.120. The van der Waals surface area contributed by atoms with E-state index in [0.717, 1.165) is 19.5 Å². The van der Waals surface area contributed by atoms with E-state index < -0.39 is 5.60 Å². The van der Waals surface area contributed by atoms with Crippen LogP contribution in [-0.2, 0) is 0 Å². The van der Waals surface area contributed by atoms with Crippen molar-refractivity contribution in [1.82, 2.24) is 4.90 Å². The first kappa shape index (κ1) is 14.9. The zero-order valence-corrected chi connectivity index (χ0v) is 10.8. The molecule has 0 aromatic heterocycles. The predicted molar refractivity (Wildman–Crippen MR) is 65.9 cm³/mol. The van der Waals surface area contributed by atoms with Gasteiger partial charge in [-0.3, -0.25) is 0 Å². The number of nitrogens with two attached hydrogens (primary N) is 1. The molecule has 0 heterocycles. The standard InChI is InChI=1S/C12H28N2O/c1-5-7-8-14(6-2)11(3)9-12(4,15)10-13/h11,15H,5-10,13H2,1-4H3. The Morgan fingerprint density at radius 1 is 1.40 bits per heavy atom. The first-order valence-corrected chi connectivity index (χ1v) is 6.13. The Labute approximate surface area is 94.6 Å². The van der Waals surface area contributed by atoms with E-state index in [0.29, 0.717) is 12.6 Å². The van der Waals surface area contributed by atoms with Crippen molar-refractivity contribution in [2.24, 2.45) is 5.73 Å². The van der Waals surface area contributed by atoms with E-state index in [4.69, 9.17) is 5.73 Å². The Kier molecular flexibility index (Phi) is 7.14. The van der Waals surface area contributed by atoms with Crippen molar-refractivity contribution in [3.8, 4) is 0 Å². The van der Waals surface area contributed by atoms with Gasteiger partial charge in [-0.25, -0.2) is 0 Å². The molecule has 15 heavy (non-hydrogen) atoms. The number of nitrogens with zero attached hydrogens (tertiary/aromatic N) is 1. The quantitative estimate of drug-likeness (QED) is 0.648. The van der Waals surface area contributed by atoms with Gasteiger partial charge in [-0.05, 0) is 39.8 Å². The fourth-order valence-corrected chi connectivity index (χ4v) is 1.90. The molecule has 2 atom stereocenters. The second-order valence-corrected chi connectivity index (χ2v) is 4.74. The third-order valence-electron chi connectivity index (χ3n) is 3.00. The maximum Gasteiger partial charge on any atom is 0.0756 e. The molecule has 0 aliphatic carbocycles. The van der Waals surface area contributed by atoms with Gasteiger partial charge in [0, 0.05) is 12.6 Å². The number of unbranched alkanes of at least 4 members (excludes halogenated alkanes) is 1. The topological polar surface area (TPSA) is 49.5 Å². The number of aliphatic hydroxyl groups is 1. The highest BCUT2D eigenvalue weighted by Gasteiger charge is 2.24. The van der Waals surface area contributed by atoms with E-state index in [2.05, 4.69) is 25.7 Å². The van der Waals surface area contributed by atoms with Crippen molar-refractivity contribution < 1.29 is 5.11 Å². The maximum absolute atomic E-state index is 9.91. The molecular weight excluding hydrogens is 188 g/mol. The van der Waals surface area contributed by atoms with Gasteiger partial charge in [0.1, 0.15) is 0 Å². The zero-order valence-electron chi connectivity index (χ0n) is 10.8. The number of rotatable bonds is 8. The van der Waals surface area contributed by atoms with Gasteiger partial charge in [-0.2, -0.15) is 0 Å². The third kappa shape index (κ3) is 6.13. The van der Waals surface area contributed by atoms with Crippen LogP contribution in [0.15, 0.2) is 0 Å². The first-order valence-electron chi connectivity index (χ1n) is 6.13. The Balaban J connectivity index is 4.08. The van der Waals surface area contributed by atoms with Crippen LogP contribution in [0.25, 0.3) is 0 Å². The first-order chi connectivity index (χ1) is 6.96. The molecule has 0 rings (SSSR count). The molecule has 0 bridgehead atoms. The van der Waals surface area contributed by atoms with Crippen LogP contribution in [0.4, 0.5) is 0 Å². The summed E-state index contributed by atoms with van der Waals surface area (Å²) in [5.74, 6) is 0. The normalized spacial score (nSPS) is 17.8. The van der Waals surface area contributed by atoms with Gasteiger partial charge >= 0.3 is 0 Å². The van der Waals surface area contributed by atoms with Crippen LogP contribution in [0.2, 0.25) is 0 Å². The van der Waals surface area contributed by atoms with Crippen LogP contribution >= 0.6 is 0 Å². The minimum absolute atomic E-state index is 0.336. The molecule has 0 aromatic carbocycles. The second-order valence-electron chi connectivity index (χ2n) is 4.74. The van der Waals surface area contributed by atoms with Gasteiger partial charge in [0.25, 0.3) is 0 Å². The van der Waals surface area contributed by atoms with Gasteiger partial charge in [-0.1, -0.05) is 20.3 Å². The van der Waals surface area contributed by atoms with Crippen LogP contribution in [0.5, 0.6) is 0 Å². The molecule has 0 aliphatic rings. The summed E-state index contributed by atoms with van der Waals surface area (Å²) in [6.07, 6.45) is 3.19. The van der Waals surface area contributed by atoms with Gasteiger partial charge in [-0.15, -0.1) is 0 Å². The molecule has 0 aliphatic heterocycles. The Morgan fingerprint density at radius 2 is 2.00 bits per heavy atom. The molecule has 0 fully saturated rings. The summed E-state index contributed by atoms with van der Waals surface area (Å²) in [7, 11) is 0. The zero-order chi connectivity index (χ0) is 11.9. The summed E-state index contributed by atoms with van der Waals surface area (Å²) >= 11 is 0. The fraction of sp³-hybridized carbons (Fsp3) is 1.00. The minimum Gasteiger partial charge on any atom is -0.389 e. The smallest absolute Gasteiger partial charge is 0.0756 e. The summed E-state index contributed by atoms with van der Waals surface area (Å²) in [5.41, 5.74) is 4.80. The van der Waals surface area contributed by atoms with Crippen molar-refractivity contribution in [2.45, 2.75) is 58.6 Å². The summed E-state index contributed by atoms with van der Waals surface area (Å²) in [6, 6.07) is 0.403. The van der Waals surface area contributed by atoms with Crippen molar-refractivity contribution in [1.29, 1.82) is 0 Å². The van der Waals surface area contributed by atoms with Gasteiger partial charge in [0.2, 0.25) is 0 Å². The lowest BCUT2D eigenvalue weighted by atomic mass is 9.97. The maximum atomic E-state index is 9.91. The predicted octanol–water partition coefficient (Wildman–Crippen LogP) is 1.60. The largest absolute Gasteiger partial charge is 0.389 e. The minimum atomic E-state index is -0.723. The molecule has 0 saturated carbocycles. The average molecular weight is 216 g/mol. The van der Waals surface area contributed by atoms with E-state index in [1.54, 1.807) is 0 Å². The summed E-state index contributed by atoms with van der Waals surface area (Å²) in [6.45, 7) is 10.9. The van der Waals surface area contributed by atoms with Crippen LogP contribution in [0, 0.1) is 0 Å². The summed E-state index contributed by atoms with van der Waals surface area (Å²) in [5, 5.41) is 9.91. The fourth-order valence-electron chi connectivity index (χ4n) is 1.90. The van der Waals surface area contributed by atoms with E-state index in [-0.39, 0.29) is 0 Å². The Bertz CT molecular complexity index is 160. The molecule has 3 nitrogen and oxygen atoms in total. The summed E-state index contributed by atoms with van der Waals surface area (Å²) in [4.78, 5) is 2.41. The van der Waals surface area contributed by atoms with Crippen molar-refractivity contribution in [2.75, 3.05) is 19.6 Å². The van der Waals surface area contributed by atoms with Gasteiger partial charge in [0.15, 0.2) is 0 Å². The Morgan fingerprint density at radius 3 is 2.40 bits per heavy atom. The van der Waals surface area contributed by atoms with E-state index in [1.165, 1.54) is 12.8 Å². The highest BCUT2D eigenvalue weighted by atomic mass is 16.3. The van der Waals surface area contributed by atoms with Crippen molar-refractivity contribution in [3.05, 3.63) is 0 Å². The number of hydrogen-bond donors (Lipinski definition) is 2.